The van der Waals surface area contributed by atoms with Gasteiger partial charge < -0.3 is 14.3 Å². The van der Waals surface area contributed by atoms with Gasteiger partial charge in [0.25, 0.3) is 11.5 Å². The molecule has 2 atom stereocenters. The highest BCUT2D eigenvalue weighted by atomic mass is 16.3. The number of tetrazole rings is 1. The fourth-order valence-electron chi connectivity index (χ4n) is 5.67. The van der Waals surface area contributed by atoms with Crippen LogP contribution in [0.25, 0.3) is 10.9 Å². The average Bonchev–Trinajstić information content (AvgIpc) is 3.67. The number of hydrogen-bond acceptors (Lipinski definition) is 7. The van der Waals surface area contributed by atoms with Crippen LogP contribution in [0.2, 0.25) is 0 Å². The second-order valence-electron chi connectivity index (χ2n) is 10.4. The van der Waals surface area contributed by atoms with Crippen molar-refractivity contribution in [2.24, 2.45) is 0 Å². The number of aryl methyl sites for hydroxylation is 2. The Morgan fingerprint density at radius 3 is 2.50 bits per heavy atom. The largest absolute Gasteiger partial charge is 0.459 e. The van der Waals surface area contributed by atoms with Crippen LogP contribution in [0.15, 0.2) is 76.1 Å². The molecule has 204 valence electrons. The van der Waals surface area contributed by atoms with E-state index < -0.39 is 6.04 Å². The summed E-state index contributed by atoms with van der Waals surface area (Å²) in [7, 11) is 0. The number of fused-ring (bicyclic) bond motifs is 1. The standard InChI is InChI=1S/C30H31N7O3/c1-19-16-20(2)26-23(17-19)18-24(29(38)31-26)27(28-32-33-34-37(28)21(3)22-8-5-4-6-9-22)35-11-13-36(14-12-35)30(39)25-10-7-15-40-25/h4-10,15-18,21,27H,11-14H2,1-3H3,(H,31,38). The first-order chi connectivity index (χ1) is 19.4. The molecular weight excluding hydrogens is 506 g/mol. The third-order valence-corrected chi connectivity index (χ3v) is 7.73. The maximum absolute atomic E-state index is 13.7. The maximum Gasteiger partial charge on any atom is 0.289 e. The SMILES string of the molecule is Cc1cc(C)c2[nH]c(=O)c(C(c3nnnn3C(C)c3ccccc3)N3CCN(C(=O)c4ccco4)CC3)cc2c1. The van der Waals surface area contributed by atoms with Crippen LogP contribution in [0.4, 0.5) is 0 Å². The minimum absolute atomic E-state index is 0.141. The number of carbonyl (C=O) groups excluding carboxylic acids is 1. The number of hydrogen-bond donors (Lipinski definition) is 1. The van der Waals surface area contributed by atoms with Gasteiger partial charge in [0.1, 0.15) is 6.04 Å². The van der Waals surface area contributed by atoms with Crippen LogP contribution in [0.3, 0.4) is 0 Å². The number of furan rings is 1. The fraction of sp³-hybridized carbons (Fsp3) is 0.300. The highest BCUT2D eigenvalue weighted by Gasteiger charge is 2.35. The molecule has 1 saturated heterocycles. The summed E-state index contributed by atoms with van der Waals surface area (Å²) in [6, 6.07) is 18.8. The Kier molecular flexibility index (Phi) is 6.77. The van der Waals surface area contributed by atoms with E-state index in [1.807, 2.05) is 57.2 Å². The first-order valence-electron chi connectivity index (χ1n) is 13.4. The van der Waals surface area contributed by atoms with Gasteiger partial charge in [0, 0.05) is 31.7 Å². The number of pyridine rings is 1. The van der Waals surface area contributed by atoms with E-state index in [9.17, 15) is 9.59 Å². The van der Waals surface area contributed by atoms with Crippen molar-refractivity contribution >= 4 is 16.8 Å². The first kappa shape index (κ1) is 25.7. The molecule has 1 amide bonds. The van der Waals surface area contributed by atoms with E-state index in [2.05, 4.69) is 37.5 Å². The zero-order chi connectivity index (χ0) is 27.8. The average molecular weight is 538 g/mol. The maximum atomic E-state index is 13.7. The number of piperazine rings is 1. The molecule has 2 aromatic carbocycles. The van der Waals surface area contributed by atoms with Crippen molar-refractivity contribution in [3.8, 4) is 0 Å². The lowest BCUT2D eigenvalue weighted by Crippen LogP contribution is -2.50. The van der Waals surface area contributed by atoms with Crippen molar-refractivity contribution in [3.63, 3.8) is 0 Å². The van der Waals surface area contributed by atoms with Gasteiger partial charge in [-0.25, -0.2) is 4.68 Å². The van der Waals surface area contributed by atoms with E-state index >= 15 is 0 Å². The number of benzene rings is 2. The molecule has 1 aliphatic rings. The molecule has 5 aromatic rings. The summed E-state index contributed by atoms with van der Waals surface area (Å²) in [6.45, 7) is 8.13. The summed E-state index contributed by atoms with van der Waals surface area (Å²) in [5, 5.41) is 13.9. The second-order valence-corrected chi connectivity index (χ2v) is 10.4. The molecule has 0 bridgehead atoms. The molecule has 0 spiro atoms. The van der Waals surface area contributed by atoms with Gasteiger partial charge in [-0.15, -0.1) is 5.10 Å². The fourth-order valence-corrected chi connectivity index (χ4v) is 5.67. The molecule has 1 N–H and O–H groups in total. The Bertz CT molecular complexity index is 1700. The summed E-state index contributed by atoms with van der Waals surface area (Å²) in [6.07, 6.45) is 1.50. The molecule has 4 heterocycles. The number of nitrogens with zero attached hydrogens (tertiary/aromatic N) is 6. The van der Waals surface area contributed by atoms with Gasteiger partial charge >= 0.3 is 0 Å². The molecule has 10 nitrogen and oxygen atoms in total. The van der Waals surface area contributed by atoms with Gasteiger partial charge in [0.2, 0.25) is 0 Å². The second kappa shape index (κ2) is 10.5. The first-order valence-corrected chi connectivity index (χ1v) is 13.4. The van der Waals surface area contributed by atoms with Gasteiger partial charge in [-0.3, -0.25) is 14.5 Å². The number of aromatic nitrogens is 5. The minimum Gasteiger partial charge on any atom is -0.459 e. The predicted molar refractivity (Wildman–Crippen MR) is 150 cm³/mol. The molecule has 1 aliphatic heterocycles. The third kappa shape index (κ3) is 4.71. The van der Waals surface area contributed by atoms with Crippen molar-refractivity contribution < 1.29 is 9.21 Å². The molecule has 0 radical (unpaired) electrons. The van der Waals surface area contributed by atoms with Crippen LogP contribution in [0.1, 0.15) is 57.6 Å². The van der Waals surface area contributed by atoms with Crippen molar-refractivity contribution in [2.75, 3.05) is 26.2 Å². The zero-order valence-electron chi connectivity index (χ0n) is 22.7. The van der Waals surface area contributed by atoms with E-state index in [1.54, 1.807) is 21.7 Å². The van der Waals surface area contributed by atoms with E-state index in [4.69, 9.17) is 4.42 Å². The van der Waals surface area contributed by atoms with Crippen LogP contribution in [0, 0.1) is 13.8 Å². The number of H-pyrrole nitrogens is 1. The number of carbonyl (C=O) groups is 1. The number of rotatable bonds is 6. The van der Waals surface area contributed by atoms with E-state index in [1.165, 1.54) is 6.26 Å². The van der Waals surface area contributed by atoms with Gasteiger partial charge in [0.05, 0.1) is 17.8 Å². The van der Waals surface area contributed by atoms with Crippen molar-refractivity contribution in [1.82, 2.24) is 35.0 Å². The molecule has 0 aliphatic carbocycles. The van der Waals surface area contributed by atoms with Crippen molar-refractivity contribution in [2.45, 2.75) is 32.9 Å². The van der Waals surface area contributed by atoms with Gasteiger partial charge in [0.15, 0.2) is 11.6 Å². The van der Waals surface area contributed by atoms with Crippen LogP contribution in [-0.4, -0.2) is 67.1 Å². The number of amides is 1. The van der Waals surface area contributed by atoms with E-state index in [0.717, 1.165) is 27.6 Å². The van der Waals surface area contributed by atoms with Crippen molar-refractivity contribution in [3.05, 3.63) is 111 Å². The summed E-state index contributed by atoms with van der Waals surface area (Å²) in [5.74, 6) is 0.761. The zero-order valence-corrected chi connectivity index (χ0v) is 22.7. The molecule has 6 rings (SSSR count). The summed E-state index contributed by atoms with van der Waals surface area (Å²) >= 11 is 0. The van der Waals surface area contributed by atoms with Gasteiger partial charge in [-0.1, -0.05) is 42.0 Å². The normalized spacial score (nSPS) is 15.8. The summed E-state index contributed by atoms with van der Waals surface area (Å²) in [4.78, 5) is 33.7. The smallest absolute Gasteiger partial charge is 0.289 e. The van der Waals surface area contributed by atoms with Crippen LogP contribution < -0.4 is 5.56 Å². The van der Waals surface area contributed by atoms with Crippen LogP contribution in [-0.2, 0) is 0 Å². The quantitative estimate of drug-likeness (QED) is 0.350. The predicted octanol–water partition coefficient (Wildman–Crippen LogP) is 3.88. The Labute approximate surface area is 231 Å². The Morgan fingerprint density at radius 2 is 1.77 bits per heavy atom. The summed E-state index contributed by atoms with van der Waals surface area (Å²) in [5.41, 5.74) is 4.40. The van der Waals surface area contributed by atoms with E-state index in [0.29, 0.717) is 43.3 Å². The topological polar surface area (TPSA) is 113 Å². The highest BCUT2D eigenvalue weighted by Crippen LogP contribution is 2.31. The molecule has 2 unspecified atom stereocenters. The van der Waals surface area contributed by atoms with E-state index in [-0.39, 0.29) is 17.5 Å². The monoisotopic (exact) mass is 537 g/mol. The lowest BCUT2D eigenvalue weighted by atomic mass is 9.99. The Morgan fingerprint density at radius 1 is 1.00 bits per heavy atom. The molecule has 3 aromatic heterocycles. The molecule has 10 heteroatoms. The molecule has 1 fully saturated rings. The highest BCUT2D eigenvalue weighted by molar-refractivity contribution is 5.91. The Hall–Kier alpha value is -4.57. The van der Waals surface area contributed by atoms with Crippen LogP contribution >= 0.6 is 0 Å². The minimum atomic E-state index is -0.518. The van der Waals surface area contributed by atoms with Gasteiger partial charge in [-0.05, 0) is 72.0 Å². The molecule has 40 heavy (non-hydrogen) atoms. The lowest BCUT2D eigenvalue weighted by Gasteiger charge is -2.38. The lowest BCUT2D eigenvalue weighted by molar-refractivity contribution is 0.0558. The van der Waals surface area contributed by atoms with Crippen LogP contribution in [0.5, 0.6) is 0 Å². The van der Waals surface area contributed by atoms with Gasteiger partial charge in [-0.2, -0.15) is 0 Å². The molecular formula is C30H31N7O3. The number of aromatic amines is 1. The third-order valence-electron chi connectivity index (χ3n) is 7.73. The number of nitrogens with one attached hydrogen (secondary N) is 1. The summed E-state index contributed by atoms with van der Waals surface area (Å²) < 4.78 is 7.13. The molecule has 0 saturated carbocycles. The van der Waals surface area contributed by atoms with Crippen molar-refractivity contribution in [1.29, 1.82) is 0 Å². The Balaban J connectivity index is 1.42.